The zero-order valence-electron chi connectivity index (χ0n) is 10.6. The number of para-hydroxylation sites is 1. The predicted octanol–water partition coefficient (Wildman–Crippen LogP) is 2.80. The van der Waals surface area contributed by atoms with E-state index in [1.165, 1.54) is 18.3 Å². The van der Waals surface area contributed by atoms with Crippen LogP contribution in [0.2, 0.25) is 0 Å². The molecule has 1 N–H and O–H groups in total. The molecule has 1 atom stereocenters. The van der Waals surface area contributed by atoms with Crippen LogP contribution in [0.25, 0.3) is 0 Å². The van der Waals surface area contributed by atoms with Crippen LogP contribution in [-0.2, 0) is 4.79 Å². The first-order valence-electron chi connectivity index (χ1n) is 5.81. The average molecular weight is 297 g/mol. The van der Waals surface area contributed by atoms with Gasteiger partial charge >= 0.3 is 5.97 Å². The molecule has 0 aliphatic carbocycles. The number of carbonyl (C=O) groups excluding carboxylic acids is 1. The Labute approximate surface area is 119 Å². The Hall–Kier alpha value is -2.02. The van der Waals surface area contributed by atoms with E-state index in [-0.39, 0.29) is 30.2 Å². The summed E-state index contributed by atoms with van der Waals surface area (Å²) in [4.78, 5) is 24.7. The number of amides is 1. The molecule has 5 nitrogen and oxygen atoms in total. The lowest BCUT2D eigenvalue weighted by atomic mass is 10.1. The van der Waals surface area contributed by atoms with Gasteiger partial charge in [0, 0.05) is 12.6 Å². The molecule has 20 heavy (non-hydrogen) atoms. The third-order valence-electron chi connectivity index (χ3n) is 2.97. The van der Waals surface area contributed by atoms with E-state index >= 15 is 0 Å². The minimum atomic E-state index is -1.08. The fourth-order valence-electron chi connectivity index (χ4n) is 2.08. The van der Waals surface area contributed by atoms with E-state index in [4.69, 9.17) is 5.11 Å². The molecule has 1 aliphatic rings. The summed E-state index contributed by atoms with van der Waals surface area (Å²) >= 11 is -0.366. The normalized spacial score (nSPS) is 17.8. The molecule has 106 valence electrons. The van der Waals surface area contributed by atoms with Gasteiger partial charge in [-0.2, -0.15) is 0 Å². The molecule has 0 bridgehead atoms. The summed E-state index contributed by atoms with van der Waals surface area (Å²) in [6, 6.07) is 5.18. The topological polar surface area (TPSA) is 66.8 Å². The van der Waals surface area contributed by atoms with Gasteiger partial charge in [0.15, 0.2) is 5.75 Å². The third-order valence-corrected chi connectivity index (χ3v) is 3.21. The van der Waals surface area contributed by atoms with Crippen LogP contribution in [0, 0.1) is 0 Å². The van der Waals surface area contributed by atoms with Gasteiger partial charge in [0.2, 0.25) is 0 Å². The summed E-state index contributed by atoms with van der Waals surface area (Å²) in [6.07, 6.45) is 1.78. The molecule has 0 saturated carbocycles. The first-order valence-corrected chi connectivity index (χ1v) is 6.46. The first kappa shape index (κ1) is 14.4. The molecule has 2 rings (SSSR count). The van der Waals surface area contributed by atoms with Crippen LogP contribution >= 0.6 is 12.4 Å². The highest BCUT2D eigenvalue weighted by Gasteiger charge is 2.34. The summed E-state index contributed by atoms with van der Waals surface area (Å²) in [5.74, 6) is -1.55. The van der Waals surface area contributed by atoms with Gasteiger partial charge in [-0.15, -0.1) is 3.89 Å². The SMILES string of the molecule is CC1=CN(C(=O)c2ccccc2OSF)C(C(=O)O)C1. The van der Waals surface area contributed by atoms with Crippen LogP contribution in [-0.4, -0.2) is 27.9 Å². The van der Waals surface area contributed by atoms with Gasteiger partial charge in [-0.1, -0.05) is 17.7 Å². The van der Waals surface area contributed by atoms with Gasteiger partial charge < -0.3 is 14.2 Å². The van der Waals surface area contributed by atoms with E-state index in [1.54, 1.807) is 19.1 Å². The molecule has 0 fully saturated rings. The fraction of sp³-hybridized carbons (Fsp3) is 0.231. The number of halogens is 1. The lowest BCUT2D eigenvalue weighted by molar-refractivity contribution is -0.141. The molecular weight excluding hydrogens is 285 g/mol. The van der Waals surface area contributed by atoms with Crippen molar-refractivity contribution in [3.05, 3.63) is 41.6 Å². The Balaban J connectivity index is 2.33. The molecule has 0 spiro atoms. The van der Waals surface area contributed by atoms with Gasteiger partial charge in [0.1, 0.15) is 6.04 Å². The van der Waals surface area contributed by atoms with Gasteiger partial charge in [-0.05, 0) is 19.1 Å². The van der Waals surface area contributed by atoms with Crippen LogP contribution in [0.1, 0.15) is 23.7 Å². The van der Waals surface area contributed by atoms with Crippen LogP contribution in [0.5, 0.6) is 5.75 Å². The van der Waals surface area contributed by atoms with Crippen molar-refractivity contribution in [2.75, 3.05) is 0 Å². The maximum atomic E-state index is 12.4. The number of rotatable bonds is 4. The second kappa shape index (κ2) is 5.96. The highest BCUT2D eigenvalue weighted by Crippen LogP contribution is 2.28. The molecule has 1 heterocycles. The predicted molar refractivity (Wildman–Crippen MR) is 71.7 cm³/mol. The van der Waals surface area contributed by atoms with Crippen molar-refractivity contribution >= 4 is 24.3 Å². The van der Waals surface area contributed by atoms with Crippen molar-refractivity contribution in [3.63, 3.8) is 0 Å². The van der Waals surface area contributed by atoms with Gasteiger partial charge in [-0.3, -0.25) is 4.79 Å². The van der Waals surface area contributed by atoms with E-state index in [9.17, 15) is 13.5 Å². The molecule has 7 heteroatoms. The van der Waals surface area contributed by atoms with Crippen molar-refractivity contribution < 1.29 is 22.8 Å². The quantitative estimate of drug-likeness (QED) is 0.866. The zero-order chi connectivity index (χ0) is 14.7. The fourth-order valence-corrected chi connectivity index (χ4v) is 2.29. The molecule has 1 amide bonds. The number of carboxylic acid groups (broad SMARTS) is 1. The summed E-state index contributed by atoms with van der Waals surface area (Å²) in [7, 11) is 0. The Morgan fingerprint density at radius 3 is 2.80 bits per heavy atom. The standard InChI is InChI=1S/C13H12FNO4S/c1-8-6-10(13(17)18)15(7-8)12(16)9-4-2-3-5-11(9)19-20-14/h2-5,7,10H,6H2,1H3,(H,17,18). The van der Waals surface area contributed by atoms with Crippen LogP contribution in [0.15, 0.2) is 36.0 Å². The van der Waals surface area contributed by atoms with Crippen LogP contribution in [0.3, 0.4) is 0 Å². The Bertz CT molecular complexity index is 575. The van der Waals surface area contributed by atoms with Crippen molar-refractivity contribution in [1.29, 1.82) is 0 Å². The van der Waals surface area contributed by atoms with Gasteiger partial charge in [0.25, 0.3) is 18.3 Å². The number of hydrogen-bond acceptors (Lipinski definition) is 4. The second-order valence-electron chi connectivity index (χ2n) is 4.39. The minimum Gasteiger partial charge on any atom is -0.480 e. The highest BCUT2D eigenvalue weighted by atomic mass is 32.2. The van der Waals surface area contributed by atoms with E-state index in [1.807, 2.05) is 0 Å². The number of carbonyl (C=O) groups is 2. The molecule has 1 aliphatic heterocycles. The lowest BCUT2D eigenvalue weighted by Crippen LogP contribution is -2.38. The molecule has 1 aromatic carbocycles. The number of carboxylic acids is 1. The minimum absolute atomic E-state index is 0.0621. The molecule has 0 saturated heterocycles. The Morgan fingerprint density at radius 2 is 2.15 bits per heavy atom. The molecule has 1 unspecified atom stereocenters. The number of benzene rings is 1. The summed E-state index contributed by atoms with van der Waals surface area (Å²) < 4.78 is 16.9. The lowest BCUT2D eigenvalue weighted by Gasteiger charge is -2.20. The summed E-state index contributed by atoms with van der Waals surface area (Å²) in [6.45, 7) is 1.75. The maximum absolute atomic E-state index is 12.4. The average Bonchev–Trinajstić information content (AvgIpc) is 2.81. The van der Waals surface area contributed by atoms with Gasteiger partial charge in [0.05, 0.1) is 5.56 Å². The van der Waals surface area contributed by atoms with E-state index in [0.717, 1.165) is 10.5 Å². The molecule has 1 aromatic rings. The van der Waals surface area contributed by atoms with E-state index in [0.29, 0.717) is 0 Å². The number of aliphatic carboxylic acids is 1. The third kappa shape index (κ3) is 2.77. The summed E-state index contributed by atoms with van der Waals surface area (Å²) in [5.41, 5.74) is 0.916. The van der Waals surface area contributed by atoms with Crippen molar-refractivity contribution in [3.8, 4) is 5.75 Å². The largest absolute Gasteiger partial charge is 0.480 e. The van der Waals surface area contributed by atoms with Gasteiger partial charge in [-0.25, -0.2) is 4.79 Å². The second-order valence-corrected chi connectivity index (χ2v) is 4.68. The molecule has 0 radical (unpaired) electrons. The van der Waals surface area contributed by atoms with E-state index in [2.05, 4.69) is 4.18 Å². The number of hydrogen-bond donors (Lipinski definition) is 1. The van der Waals surface area contributed by atoms with Crippen molar-refractivity contribution in [2.24, 2.45) is 0 Å². The zero-order valence-corrected chi connectivity index (χ0v) is 11.4. The monoisotopic (exact) mass is 297 g/mol. The van der Waals surface area contributed by atoms with Crippen LogP contribution < -0.4 is 4.18 Å². The molecule has 0 aromatic heterocycles. The van der Waals surface area contributed by atoms with Crippen LogP contribution in [0.4, 0.5) is 3.89 Å². The maximum Gasteiger partial charge on any atom is 0.327 e. The molecular formula is C13H12FNO4S. The van der Waals surface area contributed by atoms with Crippen molar-refractivity contribution in [2.45, 2.75) is 19.4 Å². The Kier molecular flexibility index (Phi) is 4.29. The van der Waals surface area contributed by atoms with E-state index < -0.39 is 17.9 Å². The Morgan fingerprint density at radius 1 is 1.45 bits per heavy atom. The van der Waals surface area contributed by atoms with Crippen molar-refractivity contribution in [1.82, 2.24) is 4.90 Å². The number of nitrogens with zero attached hydrogens (tertiary/aromatic N) is 1. The smallest absolute Gasteiger partial charge is 0.327 e. The highest BCUT2D eigenvalue weighted by molar-refractivity contribution is 7.89. The first-order chi connectivity index (χ1) is 9.54. The summed E-state index contributed by atoms with van der Waals surface area (Å²) in [5, 5.41) is 9.15.